The summed E-state index contributed by atoms with van der Waals surface area (Å²) in [5.41, 5.74) is 0.851. The predicted octanol–water partition coefficient (Wildman–Crippen LogP) is 5.28. The second kappa shape index (κ2) is 15.2. The van der Waals surface area contributed by atoms with Crippen molar-refractivity contribution < 1.29 is 4.42 Å². The molecule has 1 rings (SSSR count). The molecule has 1 heterocycles. The Bertz CT molecular complexity index is 426. The van der Waals surface area contributed by atoms with Gasteiger partial charge in [-0.1, -0.05) is 47.3 Å². The van der Waals surface area contributed by atoms with Gasteiger partial charge in [-0.2, -0.15) is 0 Å². The fourth-order valence-corrected chi connectivity index (χ4v) is 1.17. The summed E-state index contributed by atoms with van der Waals surface area (Å²) >= 11 is 0. The molecule has 3 heteroatoms. The van der Waals surface area contributed by atoms with Gasteiger partial charge in [0.2, 0.25) is 0 Å². The van der Waals surface area contributed by atoms with E-state index < -0.39 is 0 Å². The van der Waals surface area contributed by atoms with Gasteiger partial charge >= 0.3 is 0 Å². The first-order valence-electron chi connectivity index (χ1n) is 7.18. The van der Waals surface area contributed by atoms with Crippen molar-refractivity contribution in [2.75, 3.05) is 7.05 Å². The molecule has 0 aliphatic rings. The molecule has 0 fully saturated rings. The maximum absolute atomic E-state index is 5.44. The summed E-state index contributed by atoms with van der Waals surface area (Å²) < 4.78 is 5.44. The van der Waals surface area contributed by atoms with Gasteiger partial charge in [0.25, 0.3) is 0 Å². The first-order valence-corrected chi connectivity index (χ1v) is 7.18. The first-order chi connectivity index (χ1) is 9.80. The Hall–Kier alpha value is -1.90. The van der Waals surface area contributed by atoms with E-state index in [4.69, 9.17) is 4.42 Å². The zero-order valence-corrected chi connectivity index (χ0v) is 13.7. The number of nitrogens with zero attached hydrogens (tertiary/aromatic N) is 2. The lowest BCUT2D eigenvalue weighted by atomic mass is 10.3. The summed E-state index contributed by atoms with van der Waals surface area (Å²) in [5, 5.41) is 0. The molecule has 20 heavy (non-hydrogen) atoms. The van der Waals surface area contributed by atoms with Gasteiger partial charge in [0.05, 0.1) is 18.1 Å². The Kier molecular flexibility index (Phi) is 15.5. The van der Waals surface area contributed by atoms with Gasteiger partial charge in [0, 0.05) is 7.05 Å². The lowest BCUT2D eigenvalue weighted by Gasteiger charge is -1.90. The lowest BCUT2D eigenvalue weighted by molar-refractivity contribution is 0.553. The molecule has 1 aromatic heterocycles. The Morgan fingerprint density at radius 3 is 2.15 bits per heavy atom. The molecule has 3 nitrogen and oxygen atoms in total. The molecule has 0 unspecified atom stereocenters. The van der Waals surface area contributed by atoms with Crippen LogP contribution < -0.4 is 0 Å². The maximum atomic E-state index is 5.44. The van der Waals surface area contributed by atoms with E-state index in [1.807, 2.05) is 45.9 Å². The zero-order chi connectivity index (χ0) is 15.8. The quantitative estimate of drug-likeness (QED) is 0.532. The molecule has 0 aromatic carbocycles. The Balaban J connectivity index is 0. The number of aliphatic imine (C=N–C) groups is 2. The van der Waals surface area contributed by atoms with Gasteiger partial charge in [0.1, 0.15) is 11.5 Å². The van der Waals surface area contributed by atoms with E-state index >= 15 is 0 Å². The van der Waals surface area contributed by atoms with Crippen molar-refractivity contribution in [2.45, 2.75) is 41.0 Å². The van der Waals surface area contributed by atoms with Crippen molar-refractivity contribution in [2.24, 2.45) is 9.98 Å². The summed E-state index contributed by atoms with van der Waals surface area (Å²) in [4.78, 5) is 8.12. The summed E-state index contributed by atoms with van der Waals surface area (Å²) in [5.74, 6) is 1.43. The summed E-state index contributed by atoms with van der Waals surface area (Å²) in [6.45, 7) is 13.8. The van der Waals surface area contributed by atoms with Crippen LogP contribution in [0.3, 0.4) is 0 Å². The minimum absolute atomic E-state index is 0.707. The minimum atomic E-state index is 0.707. The lowest BCUT2D eigenvalue weighted by Crippen LogP contribution is -1.78. The van der Waals surface area contributed by atoms with Crippen LogP contribution in [0.2, 0.25) is 0 Å². The molecule has 0 radical (unpaired) electrons. The third kappa shape index (κ3) is 9.09. The van der Waals surface area contributed by atoms with Crippen molar-refractivity contribution in [3.05, 3.63) is 48.1 Å². The number of rotatable bonds is 5. The van der Waals surface area contributed by atoms with Crippen molar-refractivity contribution in [1.29, 1.82) is 0 Å². The third-order valence-corrected chi connectivity index (χ3v) is 1.87. The fraction of sp³-hybridized carbons (Fsp3) is 0.412. The number of furan rings is 1. The molecular formula is C17H28N2O. The Morgan fingerprint density at radius 1 is 1.15 bits per heavy atom. The Labute approximate surface area is 123 Å². The zero-order valence-electron chi connectivity index (χ0n) is 13.7. The summed E-state index contributed by atoms with van der Waals surface area (Å²) in [7, 11) is 1.70. The highest BCUT2D eigenvalue weighted by molar-refractivity contribution is 5.81. The van der Waals surface area contributed by atoms with Gasteiger partial charge in [0.15, 0.2) is 0 Å². The van der Waals surface area contributed by atoms with Crippen LogP contribution in [0, 0.1) is 0 Å². The number of hydrogen-bond acceptors (Lipinski definition) is 3. The SMILES string of the molecule is C=C/C(=C\CC)N=Cc1ccc(C=NC)o1.CC.CC. The number of allylic oxidation sites excluding steroid dienone is 2. The van der Waals surface area contributed by atoms with E-state index in [0.29, 0.717) is 5.76 Å². The molecule has 0 saturated heterocycles. The van der Waals surface area contributed by atoms with E-state index in [2.05, 4.69) is 23.5 Å². The monoisotopic (exact) mass is 276 g/mol. The highest BCUT2D eigenvalue weighted by Crippen LogP contribution is 2.05. The van der Waals surface area contributed by atoms with Crippen molar-refractivity contribution in [3.8, 4) is 0 Å². The van der Waals surface area contributed by atoms with E-state index in [-0.39, 0.29) is 0 Å². The van der Waals surface area contributed by atoms with Crippen LogP contribution in [0.4, 0.5) is 0 Å². The molecule has 0 spiro atoms. The molecule has 0 saturated carbocycles. The average Bonchev–Trinajstić information content (AvgIpc) is 2.96. The second-order valence-electron chi connectivity index (χ2n) is 3.13. The van der Waals surface area contributed by atoms with Gasteiger partial charge in [-0.15, -0.1) is 0 Å². The molecule has 1 aromatic rings. The van der Waals surface area contributed by atoms with Crippen LogP contribution in [-0.4, -0.2) is 19.5 Å². The summed E-state index contributed by atoms with van der Waals surface area (Å²) in [6.07, 6.45) is 7.99. The van der Waals surface area contributed by atoms with Crippen molar-refractivity contribution in [1.82, 2.24) is 0 Å². The van der Waals surface area contributed by atoms with E-state index in [9.17, 15) is 0 Å². The molecule has 0 atom stereocenters. The molecule has 0 N–H and O–H groups in total. The van der Waals surface area contributed by atoms with E-state index in [1.165, 1.54) is 0 Å². The van der Waals surface area contributed by atoms with E-state index in [1.54, 1.807) is 25.6 Å². The normalized spacial score (nSPS) is 10.8. The highest BCUT2D eigenvalue weighted by atomic mass is 16.3. The van der Waals surface area contributed by atoms with Crippen LogP contribution in [0.5, 0.6) is 0 Å². The van der Waals surface area contributed by atoms with Crippen LogP contribution >= 0.6 is 0 Å². The average molecular weight is 276 g/mol. The second-order valence-corrected chi connectivity index (χ2v) is 3.13. The first kappa shape index (κ1) is 20.4. The smallest absolute Gasteiger partial charge is 0.145 e. The van der Waals surface area contributed by atoms with Crippen LogP contribution in [0.1, 0.15) is 52.6 Å². The van der Waals surface area contributed by atoms with Crippen LogP contribution in [-0.2, 0) is 0 Å². The fourth-order valence-electron chi connectivity index (χ4n) is 1.17. The van der Waals surface area contributed by atoms with E-state index in [0.717, 1.165) is 17.9 Å². The molecule has 0 amide bonds. The highest BCUT2D eigenvalue weighted by Gasteiger charge is 1.96. The molecular weight excluding hydrogens is 248 g/mol. The molecule has 112 valence electrons. The van der Waals surface area contributed by atoms with Gasteiger partial charge in [-0.25, -0.2) is 0 Å². The van der Waals surface area contributed by atoms with Gasteiger partial charge in [-0.05, 0) is 24.6 Å². The molecule has 0 aliphatic heterocycles. The van der Waals surface area contributed by atoms with Gasteiger partial charge in [-0.3, -0.25) is 9.98 Å². The molecule has 0 aliphatic carbocycles. The summed E-state index contributed by atoms with van der Waals surface area (Å²) in [6, 6.07) is 3.71. The van der Waals surface area contributed by atoms with Gasteiger partial charge < -0.3 is 4.42 Å². The maximum Gasteiger partial charge on any atom is 0.145 e. The molecule has 0 bridgehead atoms. The van der Waals surface area contributed by atoms with Crippen LogP contribution in [0.15, 0.2) is 51.0 Å². The largest absolute Gasteiger partial charge is 0.454 e. The minimum Gasteiger partial charge on any atom is -0.454 e. The van der Waals surface area contributed by atoms with Crippen LogP contribution in [0.25, 0.3) is 0 Å². The number of hydrogen-bond donors (Lipinski definition) is 0. The topological polar surface area (TPSA) is 37.9 Å². The third-order valence-electron chi connectivity index (χ3n) is 1.87. The van der Waals surface area contributed by atoms with Crippen molar-refractivity contribution in [3.63, 3.8) is 0 Å². The standard InChI is InChI=1S/C13H16N2O.2C2H6/c1-4-6-11(5-2)15-10-13-8-7-12(16-13)9-14-3;2*1-2/h5-10H,2,4H2,1,3H3;2*1-2H3/b11-6+,14-9?,15-10?;;. The Morgan fingerprint density at radius 2 is 1.70 bits per heavy atom. The predicted molar refractivity (Wildman–Crippen MR) is 91.1 cm³/mol. The van der Waals surface area contributed by atoms with Crippen molar-refractivity contribution >= 4 is 12.4 Å².